The van der Waals surface area contributed by atoms with Crippen LogP contribution < -0.4 is 20.9 Å². The number of fused-ring (bicyclic) bond motifs is 1. The Morgan fingerprint density at radius 1 is 1.31 bits per heavy atom. The van der Waals surface area contributed by atoms with Gasteiger partial charge in [0.2, 0.25) is 6.79 Å². The number of nitrogens with two attached hydrogens (primary N) is 2. The largest absolute Gasteiger partial charge is 0.454 e. The lowest BCUT2D eigenvalue weighted by Crippen LogP contribution is -2.13. The minimum Gasteiger partial charge on any atom is -0.454 e. The second-order valence-corrected chi connectivity index (χ2v) is 4.62. The van der Waals surface area contributed by atoms with Crippen LogP contribution in [0.1, 0.15) is 24.4 Å². The first-order valence-electron chi connectivity index (χ1n) is 5.27. The van der Waals surface area contributed by atoms with Crippen molar-refractivity contribution in [2.75, 3.05) is 13.3 Å². The highest BCUT2D eigenvalue weighted by molar-refractivity contribution is 9.10. The maximum absolute atomic E-state index is 6.09. The van der Waals surface area contributed by atoms with Crippen LogP contribution in [0.5, 0.6) is 11.5 Å². The molecule has 1 aliphatic heterocycles. The van der Waals surface area contributed by atoms with E-state index in [0.717, 1.165) is 34.4 Å². The second kappa shape index (κ2) is 5.03. The molecule has 0 bridgehead atoms. The van der Waals surface area contributed by atoms with Gasteiger partial charge in [0, 0.05) is 10.5 Å². The monoisotopic (exact) mass is 286 g/mol. The van der Waals surface area contributed by atoms with E-state index in [2.05, 4.69) is 15.9 Å². The molecule has 0 unspecified atom stereocenters. The summed E-state index contributed by atoms with van der Waals surface area (Å²) in [5, 5.41) is 0. The number of halogens is 1. The predicted molar refractivity (Wildman–Crippen MR) is 65.5 cm³/mol. The molecule has 1 heterocycles. The van der Waals surface area contributed by atoms with E-state index in [-0.39, 0.29) is 12.8 Å². The quantitative estimate of drug-likeness (QED) is 0.887. The molecule has 1 atom stereocenters. The van der Waals surface area contributed by atoms with Gasteiger partial charge >= 0.3 is 0 Å². The van der Waals surface area contributed by atoms with E-state index in [0.29, 0.717) is 6.54 Å². The smallest absolute Gasteiger partial charge is 0.231 e. The third-order valence-corrected chi connectivity index (χ3v) is 3.30. The molecule has 0 spiro atoms. The lowest BCUT2D eigenvalue weighted by atomic mass is 10.0. The van der Waals surface area contributed by atoms with Crippen molar-refractivity contribution in [1.82, 2.24) is 0 Å². The zero-order chi connectivity index (χ0) is 11.5. The molecule has 0 amide bonds. The van der Waals surface area contributed by atoms with Gasteiger partial charge in [0.05, 0.1) is 0 Å². The van der Waals surface area contributed by atoms with E-state index in [1.54, 1.807) is 0 Å². The van der Waals surface area contributed by atoms with Crippen molar-refractivity contribution in [2.24, 2.45) is 11.5 Å². The van der Waals surface area contributed by atoms with E-state index in [1.165, 1.54) is 0 Å². The van der Waals surface area contributed by atoms with Gasteiger partial charge < -0.3 is 20.9 Å². The Hall–Kier alpha value is -0.780. The maximum Gasteiger partial charge on any atom is 0.231 e. The van der Waals surface area contributed by atoms with Crippen molar-refractivity contribution in [3.63, 3.8) is 0 Å². The average molecular weight is 287 g/mol. The van der Waals surface area contributed by atoms with Crippen LogP contribution in [-0.2, 0) is 0 Å². The van der Waals surface area contributed by atoms with Crippen molar-refractivity contribution in [3.05, 3.63) is 22.2 Å². The van der Waals surface area contributed by atoms with Gasteiger partial charge in [0.15, 0.2) is 11.5 Å². The molecular formula is C11H15BrN2O2. The van der Waals surface area contributed by atoms with Crippen LogP contribution in [0, 0.1) is 0 Å². The van der Waals surface area contributed by atoms with E-state index in [4.69, 9.17) is 20.9 Å². The third-order valence-electron chi connectivity index (χ3n) is 2.61. The number of benzene rings is 1. The van der Waals surface area contributed by atoms with Crippen LogP contribution in [0.2, 0.25) is 0 Å². The first kappa shape index (κ1) is 11.7. The Morgan fingerprint density at radius 2 is 2.00 bits per heavy atom. The van der Waals surface area contributed by atoms with Crippen molar-refractivity contribution in [3.8, 4) is 11.5 Å². The Kier molecular flexibility index (Phi) is 3.68. The molecule has 16 heavy (non-hydrogen) atoms. The molecule has 0 fully saturated rings. The van der Waals surface area contributed by atoms with Crippen LogP contribution in [0.3, 0.4) is 0 Å². The Labute approximate surface area is 103 Å². The van der Waals surface area contributed by atoms with E-state index in [1.807, 2.05) is 12.1 Å². The summed E-state index contributed by atoms with van der Waals surface area (Å²) in [5.41, 5.74) is 12.6. The molecule has 2 rings (SSSR count). The molecule has 88 valence electrons. The summed E-state index contributed by atoms with van der Waals surface area (Å²) in [6.07, 6.45) is 1.79. The highest BCUT2D eigenvalue weighted by atomic mass is 79.9. The third kappa shape index (κ3) is 2.31. The van der Waals surface area contributed by atoms with Crippen molar-refractivity contribution in [1.29, 1.82) is 0 Å². The first-order chi connectivity index (χ1) is 7.72. The summed E-state index contributed by atoms with van der Waals surface area (Å²) in [6, 6.07) is 3.82. The summed E-state index contributed by atoms with van der Waals surface area (Å²) < 4.78 is 11.6. The molecule has 4 nitrogen and oxygen atoms in total. The number of ether oxygens (including phenoxy) is 2. The summed E-state index contributed by atoms with van der Waals surface area (Å²) in [6.45, 7) is 0.944. The van der Waals surface area contributed by atoms with Crippen molar-refractivity contribution < 1.29 is 9.47 Å². The molecule has 1 aliphatic rings. The van der Waals surface area contributed by atoms with Crippen LogP contribution >= 0.6 is 15.9 Å². The second-order valence-electron chi connectivity index (χ2n) is 3.76. The normalized spacial score (nSPS) is 15.2. The molecule has 0 saturated heterocycles. The molecule has 0 aromatic heterocycles. The molecular weight excluding hydrogens is 272 g/mol. The van der Waals surface area contributed by atoms with Gasteiger partial charge in [-0.05, 0) is 37.1 Å². The Morgan fingerprint density at radius 3 is 2.69 bits per heavy atom. The number of hydrogen-bond donors (Lipinski definition) is 2. The van der Waals surface area contributed by atoms with Crippen LogP contribution in [0.25, 0.3) is 0 Å². The van der Waals surface area contributed by atoms with Crippen LogP contribution in [0.4, 0.5) is 0 Å². The first-order valence-corrected chi connectivity index (χ1v) is 6.06. The number of hydrogen-bond acceptors (Lipinski definition) is 4. The van der Waals surface area contributed by atoms with Crippen LogP contribution in [-0.4, -0.2) is 13.3 Å². The number of rotatable bonds is 4. The van der Waals surface area contributed by atoms with Crippen molar-refractivity contribution >= 4 is 15.9 Å². The minimum atomic E-state index is -0.0209. The fourth-order valence-electron chi connectivity index (χ4n) is 1.71. The minimum absolute atomic E-state index is 0.0209. The van der Waals surface area contributed by atoms with E-state index in [9.17, 15) is 0 Å². The predicted octanol–water partition coefficient (Wildman–Crippen LogP) is 1.92. The highest BCUT2D eigenvalue weighted by Crippen LogP contribution is 2.39. The molecule has 1 aromatic carbocycles. The van der Waals surface area contributed by atoms with Gasteiger partial charge in [0.1, 0.15) is 0 Å². The summed E-state index contributed by atoms with van der Waals surface area (Å²) in [7, 11) is 0. The van der Waals surface area contributed by atoms with Gasteiger partial charge in [-0.2, -0.15) is 0 Å². The fraction of sp³-hybridized carbons (Fsp3) is 0.455. The van der Waals surface area contributed by atoms with Gasteiger partial charge in [0.25, 0.3) is 0 Å². The lowest BCUT2D eigenvalue weighted by molar-refractivity contribution is 0.174. The van der Waals surface area contributed by atoms with Crippen molar-refractivity contribution in [2.45, 2.75) is 18.9 Å². The highest BCUT2D eigenvalue weighted by Gasteiger charge is 2.19. The fourth-order valence-corrected chi connectivity index (χ4v) is 2.33. The van der Waals surface area contributed by atoms with E-state index >= 15 is 0 Å². The Bertz CT molecular complexity index is 384. The zero-order valence-corrected chi connectivity index (χ0v) is 10.5. The van der Waals surface area contributed by atoms with Gasteiger partial charge in [-0.1, -0.05) is 15.9 Å². The Balaban J connectivity index is 2.20. The summed E-state index contributed by atoms with van der Waals surface area (Å²) in [4.78, 5) is 0. The molecule has 0 saturated carbocycles. The molecule has 1 aromatic rings. The average Bonchev–Trinajstić information content (AvgIpc) is 2.71. The van der Waals surface area contributed by atoms with Gasteiger partial charge in [-0.25, -0.2) is 0 Å². The molecule has 5 heteroatoms. The van der Waals surface area contributed by atoms with Gasteiger partial charge in [-0.3, -0.25) is 0 Å². The topological polar surface area (TPSA) is 70.5 Å². The maximum atomic E-state index is 6.09. The van der Waals surface area contributed by atoms with Crippen LogP contribution in [0.15, 0.2) is 16.6 Å². The molecule has 0 aliphatic carbocycles. The molecule has 4 N–H and O–H groups in total. The zero-order valence-electron chi connectivity index (χ0n) is 8.91. The molecule has 0 radical (unpaired) electrons. The van der Waals surface area contributed by atoms with Gasteiger partial charge in [-0.15, -0.1) is 0 Å². The lowest BCUT2D eigenvalue weighted by Gasteiger charge is -2.14. The summed E-state index contributed by atoms with van der Waals surface area (Å²) >= 11 is 3.50. The standard InChI is InChI=1S/C11H15BrN2O2/c12-8-5-11-10(15-6-16-11)4-7(8)9(14)2-1-3-13/h4-5,9H,1-3,6,13-14H2/t9-/m1/s1. The van der Waals surface area contributed by atoms with E-state index < -0.39 is 0 Å². The summed E-state index contributed by atoms with van der Waals surface area (Å²) in [5.74, 6) is 1.53. The SMILES string of the molecule is NCCC[C@@H](N)c1cc2c(cc1Br)OCO2.